The summed E-state index contributed by atoms with van der Waals surface area (Å²) in [5, 5.41) is 2.51. The minimum absolute atomic E-state index is 0.180. The van der Waals surface area contributed by atoms with E-state index >= 15 is 0 Å². The van der Waals surface area contributed by atoms with Gasteiger partial charge in [-0.05, 0) is 41.0 Å². The molecule has 1 fully saturated rings. The molecular weight excluding hydrogens is 402 g/mol. The molecule has 3 amide bonds. The van der Waals surface area contributed by atoms with Crippen LogP contribution in [0.15, 0.2) is 60.7 Å². The van der Waals surface area contributed by atoms with Crippen molar-refractivity contribution in [3.8, 4) is 0 Å². The van der Waals surface area contributed by atoms with Gasteiger partial charge < -0.3 is 4.90 Å². The van der Waals surface area contributed by atoms with E-state index in [0.717, 1.165) is 24.5 Å². The molecule has 1 saturated heterocycles. The smallest absolute Gasteiger partial charge is 0.262 e. The van der Waals surface area contributed by atoms with E-state index in [1.807, 2.05) is 0 Å². The zero-order chi connectivity index (χ0) is 22.2. The lowest BCUT2D eigenvalue weighted by molar-refractivity contribution is -0.133. The minimum atomic E-state index is -0.385. The second kappa shape index (κ2) is 8.20. The SMILES string of the molecule is Cc1ccc2ccccc2c1CN1CCN(C(=O)CN2C(=O)c3ccccc3C2=O)CC1. The maximum absolute atomic E-state index is 12.9. The molecule has 6 nitrogen and oxygen atoms in total. The molecular formula is C26H25N3O3. The van der Waals surface area contributed by atoms with E-state index in [0.29, 0.717) is 24.2 Å². The van der Waals surface area contributed by atoms with Crippen LogP contribution in [0.2, 0.25) is 0 Å². The summed E-state index contributed by atoms with van der Waals surface area (Å²) in [5.41, 5.74) is 3.35. The van der Waals surface area contributed by atoms with E-state index in [4.69, 9.17) is 0 Å². The first-order valence-corrected chi connectivity index (χ1v) is 11.0. The molecule has 0 unspecified atom stereocenters. The van der Waals surface area contributed by atoms with Crippen LogP contribution in [0.4, 0.5) is 0 Å². The number of carbonyl (C=O) groups excluding carboxylic acids is 3. The summed E-state index contributed by atoms with van der Waals surface area (Å²) in [6.07, 6.45) is 0. The third-order valence-electron chi connectivity index (χ3n) is 6.55. The van der Waals surface area contributed by atoms with E-state index in [9.17, 15) is 14.4 Å². The lowest BCUT2D eigenvalue weighted by Gasteiger charge is -2.35. The highest BCUT2D eigenvalue weighted by atomic mass is 16.2. The van der Waals surface area contributed by atoms with Crippen molar-refractivity contribution < 1.29 is 14.4 Å². The standard InChI is InChI=1S/C26H25N3O3/c1-18-10-11-19-6-2-3-7-20(19)23(18)16-27-12-14-28(15-13-27)24(30)17-29-25(31)21-8-4-5-9-22(21)26(29)32/h2-11H,12-17H2,1H3. The molecule has 0 bridgehead atoms. The number of aryl methyl sites for hydroxylation is 1. The molecule has 0 N–H and O–H groups in total. The summed E-state index contributed by atoms with van der Waals surface area (Å²) in [4.78, 5) is 43.1. The number of hydrogen-bond donors (Lipinski definition) is 0. The second-order valence-corrected chi connectivity index (χ2v) is 8.48. The average molecular weight is 428 g/mol. The van der Waals surface area contributed by atoms with Gasteiger partial charge in [-0.2, -0.15) is 0 Å². The fraction of sp³-hybridized carbons (Fsp3) is 0.269. The van der Waals surface area contributed by atoms with Crippen LogP contribution in [0.25, 0.3) is 10.8 Å². The number of fused-ring (bicyclic) bond motifs is 2. The fourth-order valence-electron chi connectivity index (χ4n) is 4.65. The van der Waals surface area contributed by atoms with E-state index in [1.54, 1.807) is 29.2 Å². The van der Waals surface area contributed by atoms with Crippen molar-refractivity contribution in [2.24, 2.45) is 0 Å². The van der Waals surface area contributed by atoms with E-state index < -0.39 is 0 Å². The predicted molar refractivity (Wildman–Crippen MR) is 122 cm³/mol. The summed E-state index contributed by atoms with van der Waals surface area (Å²) >= 11 is 0. The Labute approximate surface area is 187 Å². The molecule has 3 aromatic rings. The highest BCUT2D eigenvalue weighted by Gasteiger charge is 2.37. The van der Waals surface area contributed by atoms with Crippen LogP contribution in [0, 0.1) is 6.92 Å². The lowest BCUT2D eigenvalue weighted by atomic mass is 9.99. The van der Waals surface area contributed by atoms with Gasteiger partial charge in [0.1, 0.15) is 6.54 Å². The van der Waals surface area contributed by atoms with E-state index in [2.05, 4.69) is 48.2 Å². The lowest BCUT2D eigenvalue weighted by Crippen LogP contribution is -2.51. The Bertz CT molecular complexity index is 1190. The van der Waals surface area contributed by atoms with E-state index in [1.165, 1.54) is 21.9 Å². The van der Waals surface area contributed by atoms with Crippen LogP contribution < -0.4 is 0 Å². The van der Waals surface area contributed by atoms with Gasteiger partial charge in [0.15, 0.2) is 0 Å². The van der Waals surface area contributed by atoms with Crippen molar-refractivity contribution in [3.63, 3.8) is 0 Å². The quantitative estimate of drug-likeness (QED) is 0.601. The molecule has 0 saturated carbocycles. The van der Waals surface area contributed by atoms with Crippen LogP contribution in [0.1, 0.15) is 31.8 Å². The number of rotatable bonds is 4. The molecule has 6 heteroatoms. The highest BCUT2D eigenvalue weighted by Crippen LogP contribution is 2.25. The van der Waals surface area contributed by atoms with Crippen LogP contribution in [-0.2, 0) is 11.3 Å². The summed E-state index contributed by atoms with van der Waals surface area (Å²) in [6.45, 7) is 5.48. The van der Waals surface area contributed by atoms with Crippen molar-refractivity contribution in [1.29, 1.82) is 0 Å². The molecule has 0 atom stereocenters. The second-order valence-electron chi connectivity index (χ2n) is 8.48. The monoisotopic (exact) mass is 427 g/mol. The van der Waals surface area contributed by atoms with Gasteiger partial charge in [-0.3, -0.25) is 24.2 Å². The molecule has 2 aliphatic heterocycles. The number of benzene rings is 3. The number of amides is 3. The molecule has 2 heterocycles. The zero-order valence-electron chi connectivity index (χ0n) is 18.1. The van der Waals surface area contributed by atoms with Gasteiger partial charge in [-0.25, -0.2) is 0 Å². The average Bonchev–Trinajstić information content (AvgIpc) is 3.06. The molecule has 3 aromatic carbocycles. The van der Waals surface area contributed by atoms with Gasteiger partial charge in [-0.15, -0.1) is 0 Å². The van der Waals surface area contributed by atoms with Crippen molar-refractivity contribution >= 4 is 28.5 Å². The minimum Gasteiger partial charge on any atom is -0.339 e. The van der Waals surface area contributed by atoms with Crippen LogP contribution in [0.3, 0.4) is 0 Å². The van der Waals surface area contributed by atoms with Crippen LogP contribution in [-0.4, -0.2) is 65.1 Å². The first-order chi connectivity index (χ1) is 15.5. The Morgan fingerprint density at radius 3 is 2.12 bits per heavy atom. The van der Waals surface area contributed by atoms with Gasteiger partial charge >= 0.3 is 0 Å². The third kappa shape index (κ3) is 3.56. The molecule has 0 aromatic heterocycles. The Kier molecular flexibility index (Phi) is 5.23. The topological polar surface area (TPSA) is 60.9 Å². The molecule has 2 aliphatic rings. The molecule has 0 aliphatic carbocycles. The Hall–Kier alpha value is -3.51. The van der Waals surface area contributed by atoms with Crippen molar-refractivity contribution in [2.45, 2.75) is 13.5 Å². The molecule has 5 rings (SSSR count). The van der Waals surface area contributed by atoms with Crippen molar-refractivity contribution in [1.82, 2.24) is 14.7 Å². The highest BCUT2D eigenvalue weighted by molar-refractivity contribution is 6.22. The maximum atomic E-state index is 12.9. The summed E-state index contributed by atoms with van der Waals surface area (Å²) in [6, 6.07) is 19.5. The number of hydrogen-bond acceptors (Lipinski definition) is 4. The Balaban J connectivity index is 1.21. The fourth-order valence-corrected chi connectivity index (χ4v) is 4.65. The Morgan fingerprint density at radius 2 is 1.44 bits per heavy atom. The molecule has 0 spiro atoms. The summed E-state index contributed by atoms with van der Waals surface area (Å²) < 4.78 is 0. The number of piperazine rings is 1. The van der Waals surface area contributed by atoms with Crippen LogP contribution >= 0.6 is 0 Å². The van der Waals surface area contributed by atoms with Gasteiger partial charge in [0, 0.05) is 32.7 Å². The first kappa shape index (κ1) is 20.4. The maximum Gasteiger partial charge on any atom is 0.262 e. The normalized spacial score (nSPS) is 16.7. The van der Waals surface area contributed by atoms with Gasteiger partial charge in [0.2, 0.25) is 5.91 Å². The first-order valence-electron chi connectivity index (χ1n) is 11.0. The Morgan fingerprint density at radius 1 is 0.812 bits per heavy atom. The summed E-state index contributed by atoms with van der Waals surface area (Å²) in [5.74, 6) is -0.950. The number of carbonyl (C=O) groups is 3. The summed E-state index contributed by atoms with van der Waals surface area (Å²) in [7, 11) is 0. The van der Waals surface area contributed by atoms with Crippen LogP contribution in [0.5, 0.6) is 0 Å². The third-order valence-corrected chi connectivity index (χ3v) is 6.55. The van der Waals surface area contributed by atoms with Gasteiger partial charge in [0.05, 0.1) is 11.1 Å². The van der Waals surface area contributed by atoms with Crippen molar-refractivity contribution in [2.75, 3.05) is 32.7 Å². The van der Waals surface area contributed by atoms with Crippen molar-refractivity contribution in [3.05, 3.63) is 82.9 Å². The molecule has 32 heavy (non-hydrogen) atoms. The molecule has 162 valence electrons. The largest absolute Gasteiger partial charge is 0.339 e. The molecule has 0 radical (unpaired) electrons. The van der Waals surface area contributed by atoms with Gasteiger partial charge in [-0.1, -0.05) is 48.5 Å². The number of nitrogens with zero attached hydrogens (tertiary/aromatic N) is 3. The predicted octanol–water partition coefficient (Wildman–Crippen LogP) is 3.09. The number of imide groups is 1. The zero-order valence-corrected chi connectivity index (χ0v) is 18.1. The van der Waals surface area contributed by atoms with E-state index in [-0.39, 0.29) is 24.3 Å². The van der Waals surface area contributed by atoms with Gasteiger partial charge in [0.25, 0.3) is 11.8 Å².